The number of hydrazine groups is 1. The molecule has 3 aromatic rings. The summed E-state index contributed by atoms with van der Waals surface area (Å²) in [5, 5.41) is 0.995. The molecule has 2 aromatic carbocycles. The molecule has 1 atom stereocenters. The highest BCUT2D eigenvalue weighted by Gasteiger charge is 2.17. The summed E-state index contributed by atoms with van der Waals surface area (Å²) in [6, 6.07) is 13.8. The van der Waals surface area contributed by atoms with E-state index in [2.05, 4.69) is 5.43 Å². The molecule has 96 valence electrons. The fraction of sp³-hybridized carbons (Fsp3) is 0.0667. The van der Waals surface area contributed by atoms with Gasteiger partial charge in [-0.15, -0.1) is 0 Å². The number of hydrogen-bond acceptors (Lipinski definition) is 3. The number of benzene rings is 2. The van der Waals surface area contributed by atoms with Gasteiger partial charge in [-0.05, 0) is 23.8 Å². The molecule has 0 aliphatic rings. The lowest BCUT2D eigenvalue weighted by molar-refractivity contribution is 0.584. The average Bonchev–Trinajstić information content (AvgIpc) is 2.86. The minimum atomic E-state index is -0.267. The molecule has 3 rings (SSSR count). The summed E-state index contributed by atoms with van der Waals surface area (Å²) in [5.74, 6) is 5.37. The molecule has 0 fully saturated rings. The van der Waals surface area contributed by atoms with E-state index in [1.807, 2.05) is 24.3 Å². The quantitative estimate of drug-likeness (QED) is 0.559. The molecular weight excluding hydrogens is 243 g/mol. The monoisotopic (exact) mass is 256 g/mol. The number of nitrogens with two attached hydrogens (primary N) is 1. The van der Waals surface area contributed by atoms with E-state index in [0.29, 0.717) is 0 Å². The van der Waals surface area contributed by atoms with Crippen LogP contribution in [0.2, 0.25) is 0 Å². The lowest BCUT2D eigenvalue weighted by Crippen LogP contribution is -2.28. The summed E-state index contributed by atoms with van der Waals surface area (Å²) in [4.78, 5) is 0. The van der Waals surface area contributed by atoms with Gasteiger partial charge in [0.2, 0.25) is 0 Å². The predicted molar refractivity (Wildman–Crippen MR) is 71.8 cm³/mol. The van der Waals surface area contributed by atoms with Crippen molar-refractivity contribution in [2.24, 2.45) is 5.84 Å². The van der Waals surface area contributed by atoms with Crippen LogP contribution in [0, 0.1) is 5.82 Å². The Morgan fingerprint density at radius 1 is 1.05 bits per heavy atom. The van der Waals surface area contributed by atoms with Gasteiger partial charge in [0.15, 0.2) is 0 Å². The third kappa shape index (κ3) is 2.12. The van der Waals surface area contributed by atoms with Crippen LogP contribution in [0.1, 0.15) is 17.2 Å². The Bertz CT molecular complexity index is 691. The molecule has 1 unspecified atom stereocenters. The minimum absolute atomic E-state index is 0.232. The SMILES string of the molecule is NNC(c1ccc(F)cc1)c1coc2ccccc12. The van der Waals surface area contributed by atoms with Gasteiger partial charge in [-0.2, -0.15) is 0 Å². The summed E-state index contributed by atoms with van der Waals surface area (Å²) >= 11 is 0. The van der Waals surface area contributed by atoms with Crippen molar-refractivity contribution in [2.45, 2.75) is 6.04 Å². The second-order valence-electron chi connectivity index (χ2n) is 4.34. The number of rotatable bonds is 3. The third-order valence-corrected chi connectivity index (χ3v) is 3.19. The van der Waals surface area contributed by atoms with Crippen LogP contribution < -0.4 is 11.3 Å². The van der Waals surface area contributed by atoms with Gasteiger partial charge < -0.3 is 4.42 Å². The van der Waals surface area contributed by atoms with Gasteiger partial charge in [-0.1, -0.05) is 30.3 Å². The first-order valence-corrected chi connectivity index (χ1v) is 5.97. The number of nitrogens with one attached hydrogen (secondary N) is 1. The highest BCUT2D eigenvalue weighted by Crippen LogP contribution is 2.30. The lowest BCUT2D eigenvalue weighted by atomic mass is 9.99. The van der Waals surface area contributed by atoms with E-state index >= 15 is 0 Å². The van der Waals surface area contributed by atoms with E-state index in [9.17, 15) is 4.39 Å². The number of hydrogen-bond donors (Lipinski definition) is 2. The maximum absolute atomic E-state index is 13.0. The standard InChI is InChI=1S/C15H13FN2O/c16-11-7-5-10(6-8-11)15(18-17)13-9-19-14-4-2-1-3-12(13)14/h1-9,15,18H,17H2. The maximum atomic E-state index is 13.0. The Labute approximate surface area is 109 Å². The fourth-order valence-corrected chi connectivity index (χ4v) is 2.24. The summed E-state index contributed by atoms with van der Waals surface area (Å²) in [6.07, 6.45) is 1.68. The van der Waals surface area contributed by atoms with Gasteiger partial charge in [0, 0.05) is 10.9 Å². The lowest BCUT2D eigenvalue weighted by Gasteiger charge is -2.15. The van der Waals surface area contributed by atoms with Crippen molar-refractivity contribution in [1.29, 1.82) is 0 Å². The Balaban J connectivity index is 2.09. The van der Waals surface area contributed by atoms with Crippen LogP contribution in [-0.4, -0.2) is 0 Å². The predicted octanol–water partition coefficient (Wildman–Crippen LogP) is 3.12. The van der Waals surface area contributed by atoms with Crippen LogP contribution in [0.5, 0.6) is 0 Å². The van der Waals surface area contributed by atoms with Crippen LogP contribution in [0.4, 0.5) is 4.39 Å². The largest absolute Gasteiger partial charge is 0.464 e. The molecule has 0 aliphatic heterocycles. The maximum Gasteiger partial charge on any atom is 0.134 e. The van der Waals surface area contributed by atoms with E-state index in [4.69, 9.17) is 10.3 Å². The van der Waals surface area contributed by atoms with Gasteiger partial charge in [0.05, 0.1) is 12.3 Å². The Morgan fingerprint density at radius 3 is 2.53 bits per heavy atom. The molecule has 0 amide bonds. The van der Waals surface area contributed by atoms with Crippen molar-refractivity contribution in [1.82, 2.24) is 5.43 Å². The molecule has 3 nitrogen and oxygen atoms in total. The Kier molecular flexibility index (Phi) is 3.03. The molecule has 1 heterocycles. The van der Waals surface area contributed by atoms with Crippen LogP contribution >= 0.6 is 0 Å². The number of para-hydroxylation sites is 1. The topological polar surface area (TPSA) is 51.2 Å². The Hall–Kier alpha value is -2.17. The van der Waals surface area contributed by atoms with Gasteiger partial charge in [0.25, 0.3) is 0 Å². The smallest absolute Gasteiger partial charge is 0.134 e. The first kappa shape index (κ1) is 11.9. The molecule has 4 heteroatoms. The summed E-state index contributed by atoms with van der Waals surface area (Å²) in [5.41, 5.74) is 5.37. The first-order valence-electron chi connectivity index (χ1n) is 5.97. The van der Waals surface area contributed by atoms with E-state index < -0.39 is 0 Å². The van der Waals surface area contributed by atoms with Crippen LogP contribution in [0.3, 0.4) is 0 Å². The normalized spacial score (nSPS) is 12.7. The third-order valence-electron chi connectivity index (χ3n) is 3.19. The summed E-state index contributed by atoms with van der Waals surface area (Å²) in [7, 11) is 0. The molecule has 0 aliphatic carbocycles. The average molecular weight is 256 g/mol. The van der Waals surface area contributed by atoms with Crippen molar-refractivity contribution in [3.63, 3.8) is 0 Å². The molecular formula is C15H13FN2O. The van der Waals surface area contributed by atoms with Crippen molar-refractivity contribution >= 4 is 11.0 Å². The van der Waals surface area contributed by atoms with E-state index in [1.54, 1.807) is 18.4 Å². The van der Waals surface area contributed by atoms with E-state index in [1.165, 1.54) is 12.1 Å². The molecule has 0 saturated carbocycles. The molecule has 1 aromatic heterocycles. The van der Waals surface area contributed by atoms with E-state index in [0.717, 1.165) is 22.1 Å². The van der Waals surface area contributed by atoms with E-state index in [-0.39, 0.29) is 11.9 Å². The van der Waals surface area contributed by atoms with Crippen molar-refractivity contribution in [3.05, 3.63) is 71.7 Å². The van der Waals surface area contributed by atoms with Crippen LogP contribution in [0.15, 0.2) is 59.2 Å². The zero-order valence-electron chi connectivity index (χ0n) is 10.1. The van der Waals surface area contributed by atoms with Crippen molar-refractivity contribution in [2.75, 3.05) is 0 Å². The molecule has 0 bridgehead atoms. The van der Waals surface area contributed by atoms with Crippen molar-refractivity contribution < 1.29 is 8.81 Å². The molecule has 0 spiro atoms. The first-order chi connectivity index (χ1) is 9.29. The van der Waals surface area contributed by atoms with Gasteiger partial charge in [0.1, 0.15) is 11.4 Å². The van der Waals surface area contributed by atoms with Gasteiger partial charge in [-0.3, -0.25) is 5.84 Å². The van der Waals surface area contributed by atoms with Gasteiger partial charge in [-0.25, -0.2) is 9.82 Å². The zero-order chi connectivity index (χ0) is 13.2. The second kappa shape index (κ2) is 4.84. The zero-order valence-corrected chi connectivity index (χ0v) is 10.1. The van der Waals surface area contributed by atoms with Crippen LogP contribution in [0.25, 0.3) is 11.0 Å². The number of furan rings is 1. The summed E-state index contributed by atoms with van der Waals surface area (Å²) < 4.78 is 18.5. The fourth-order valence-electron chi connectivity index (χ4n) is 2.24. The summed E-state index contributed by atoms with van der Waals surface area (Å²) in [6.45, 7) is 0. The van der Waals surface area contributed by atoms with Gasteiger partial charge >= 0.3 is 0 Å². The van der Waals surface area contributed by atoms with Crippen molar-refractivity contribution in [3.8, 4) is 0 Å². The minimum Gasteiger partial charge on any atom is -0.464 e. The second-order valence-corrected chi connectivity index (χ2v) is 4.34. The molecule has 0 saturated heterocycles. The highest BCUT2D eigenvalue weighted by molar-refractivity contribution is 5.81. The molecule has 19 heavy (non-hydrogen) atoms. The molecule has 0 radical (unpaired) electrons. The molecule has 3 N–H and O–H groups in total. The Morgan fingerprint density at radius 2 is 1.79 bits per heavy atom. The number of fused-ring (bicyclic) bond motifs is 1. The number of halogens is 1. The highest BCUT2D eigenvalue weighted by atomic mass is 19.1. The van der Waals surface area contributed by atoms with Crippen LogP contribution in [-0.2, 0) is 0 Å².